The van der Waals surface area contributed by atoms with Crippen molar-refractivity contribution in [3.63, 3.8) is 0 Å². The summed E-state index contributed by atoms with van der Waals surface area (Å²) < 4.78 is 1.18. The molecule has 1 amide bonds. The Bertz CT molecular complexity index is 481. The SMILES string of the molecule is CNC1(CC(=O)Nc2ccc(C)c(I)c2)CCCCC1. The van der Waals surface area contributed by atoms with Gasteiger partial charge in [-0.3, -0.25) is 4.79 Å². The number of nitrogens with one attached hydrogen (secondary N) is 2. The third-order valence-electron chi connectivity index (χ3n) is 4.30. The zero-order chi connectivity index (χ0) is 14.6. The zero-order valence-corrected chi connectivity index (χ0v) is 14.4. The van der Waals surface area contributed by atoms with E-state index in [0.29, 0.717) is 6.42 Å². The second-order valence-corrected chi connectivity index (χ2v) is 6.94. The molecule has 0 aliphatic heterocycles. The molecule has 0 spiro atoms. The first-order chi connectivity index (χ1) is 9.54. The summed E-state index contributed by atoms with van der Waals surface area (Å²) in [5.41, 5.74) is 2.13. The summed E-state index contributed by atoms with van der Waals surface area (Å²) in [4.78, 5) is 12.3. The fourth-order valence-electron chi connectivity index (χ4n) is 2.93. The third kappa shape index (κ3) is 3.95. The highest BCUT2D eigenvalue weighted by atomic mass is 127. The Kier molecular flexibility index (Phi) is 5.43. The standard InChI is InChI=1S/C16H23IN2O/c1-12-6-7-13(10-14(12)17)19-15(20)11-16(18-2)8-4-3-5-9-16/h6-7,10,18H,3-5,8-9,11H2,1-2H3,(H,19,20). The van der Waals surface area contributed by atoms with Crippen LogP contribution in [0.1, 0.15) is 44.1 Å². The van der Waals surface area contributed by atoms with E-state index in [1.54, 1.807) is 0 Å². The molecule has 0 atom stereocenters. The van der Waals surface area contributed by atoms with Gasteiger partial charge in [-0.25, -0.2) is 0 Å². The van der Waals surface area contributed by atoms with Gasteiger partial charge in [0.25, 0.3) is 0 Å². The molecule has 0 saturated heterocycles. The van der Waals surface area contributed by atoms with Gasteiger partial charge >= 0.3 is 0 Å². The molecular formula is C16H23IN2O. The zero-order valence-electron chi connectivity index (χ0n) is 12.3. The summed E-state index contributed by atoms with van der Waals surface area (Å²) in [6, 6.07) is 6.05. The molecule has 110 valence electrons. The molecule has 0 radical (unpaired) electrons. The molecule has 2 N–H and O–H groups in total. The monoisotopic (exact) mass is 386 g/mol. The topological polar surface area (TPSA) is 41.1 Å². The van der Waals surface area contributed by atoms with Crippen LogP contribution in [0.5, 0.6) is 0 Å². The van der Waals surface area contributed by atoms with Crippen molar-refractivity contribution in [1.29, 1.82) is 0 Å². The van der Waals surface area contributed by atoms with E-state index in [2.05, 4.69) is 40.1 Å². The number of hydrogen-bond acceptors (Lipinski definition) is 2. The Morgan fingerprint density at radius 3 is 2.60 bits per heavy atom. The van der Waals surface area contributed by atoms with Crippen molar-refractivity contribution in [3.05, 3.63) is 27.3 Å². The van der Waals surface area contributed by atoms with Gasteiger partial charge in [0, 0.05) is 21.2 Å². The average Bonchev–Trinajstić information content (AvgIpc) is 2.44. The number of halogens is 1. The number of amides is 1. The largest absolute Gasteiger partial charge is 0.326 e. The van der Waals surface area contributed by atoms with E-state index in [9.17, 15) is 4.79 Å². The lowest BCUT2D eigenvalue weighted by Gasteiger charge is -2.36. The quantitative estimate of drug-likeness (QED) is 0.772. The van der Waals surface area contributed by atoms with Gasteiger partial charge in [0.2, 0.25) is 5.91 Å². The maximum Gasteiger partial charge on any atom is 0.226 e. The Morgan fingerprint density at radius 2 is 2.00 bits per heavy atom. The van der Waals surface area contributed by atoms with E-state index in [4.69, 9.17) is 0 Å². The summed E-state index contributed by atoms with van der Waals surface area (Å²) in [7, 11) is 1.98. The van der Waals surface area contributed by atoms with Gasteiger partial charge < -0.3 is 10.6 Å². The predicted octanol–water partition coefficient (Wildman–Crippen LogP) is 3.85. The Hall–Kier alpha value is -0.620. The van der Waals surface area contributed by atoms with Crippen molar-refractivity contribution in [1.82, 2.24) is 5.32 Å². The molecule has 1 aliphatic rings. The summed E-state index contributed by atoms with van der Waals surface area (Å²) in [6.07, 6.45) is 6.49. The van der Waals surface area contributed by atoms with Crippen molar-refractivity contribution in [2.24, 2.45) is 0 Å². The fraction of sp³-hybridized carbons (Fsp3) is 0.562. The van der Waals surface area contributed by atoms with Crippen LogP contribution in [0.15, 0.2) is 18.2 Å². The number of benzene rings is 1. The Labute approximate surface area is 135 Å². The molecule has 20 heavy (non-hydrogen) atoms. The summed E-state index contributed by atoms with van der Waals surface area (Å²) in [5, 5.41) is 6.42. The van der Waals surface area contributed by atoms with Crippen molar-refractivity contribution in [2.45, 2.75) is 51.0 Å². The van der Waals surface area contributed by atoms with E-state index in [-0.39, 0.29) is 11.4 Å². The maximum absolute atomic E-state index is 12.3. The molecule has 0 aromatic heterocycles. The maximum atomic E-state index is 12.3. The van der Waals surface area contributed by atoms with Crippen molar-refractivity contribution >= 4 is 34.2 Å². The minimum Gasteiger partial charge on any atom is -0.326 e. The third-order valence-corrected chi connectivity index (χ3v) is 5.46. The van der Waals surface area contributed by atoms with Crippen LogP contribution in [-0.4, -0.2) is 18.5 Å². The van der Waals surface area contributed by atoms with Crippen LogP contribution in [0.3, 0.4) is 0 Å². The molecule has 1 aliphatic carbocycles. The number of hydrogen-bond donors (Lipinski definition) is 2. The molecule has 3 nitrogen and oxygen atoms in total. The number of carbonyl (C=O) groups excluding carboxylic acids is 1. The highest BCUT2D eigenvalue weighted by molar-refractivity contribution is 14.1. The van der Waals surface area contributed by atoms with Crippen molar-refractivity contribution in [2.75, 3.05) is 12.4 Å². The van der Waals surface area contributed by atoms with Gasteiger partial charge in [0.15, 0.2) is 0 Å². The molecule has 1 aromatic carbocycles. The smallest absolute Gasteiger partial charge is 0.226 e. The van der Waals surface area contributed by atoms with Gasteiger partial charge in [-0.2, -0.15) is 0 Å². The van der Waals surface area contributed by atoms with Crippen molar-refractivity contribution < 1.29 is 4.79 Å². The molecule has 1 aromatic rings. The van der Waals surface area contributed by atoms with E-state index >= 15 is 0 Å². The number of aryl methyl sites for hydroxylation is 1. The van der Waals surface area contributed by atoms with Crippen LogP contribution >= 0.6 is 22.6 Å². The average molecular weight is 386 g/mol. The lowest BCUT2D eigenvalue weighted by Crippen LogP contribution is -2.47. The number of anilines is 1. The number of carbonyl (C=O) groups is 1. The molecule has 0 unspecified atom stereocenters. The molecule has 1 fully saturated rings. The van der Waals surface area contributed by atoms with E-state index in [0.717, 1.165) is 18.5 Å². The van der Waals surface area contributed by atoms with Crippen LogP contribution in [0.2, 0.25) is 0 Å². The first-order valence-electron chi connectivity index (χ1n) is 7.30. The normalized spacial score (nSPS) is 17.8. The molecule has 4 heteroatoms. The highest BCUT2D eigenvalue weighted by Crippen LogP contribution is 2.31. The predicted molar refractivity (Wildman–Crippen MR) is 92.0 cm³/mol. The van der Waals surface area contributed by atoms with Gasteiger partial charge in [-0.15, -0.1) is 0 Å². The minimum absolute atomic E-state index is 0.000184. The Balaban J connectivity index is 1.98. The summed E-state index contributed by atoms with van der Waals surface area (Å²) >= 11 is 2.30. The molecule has 0 heterocycles. The molecular weight excluding hydrogens is 363 g/mol. The molecule has 0 bridgehead atoms. The van der Waals surface area contributed by atoms with Crippen LogP contribution in [-0.2, 0) is 4.79 Å². The second-order valence-electron chi connectivity index (χ2n) is 5.78. The van der Waals surface area contributed by atoms with Crippen LogP contribution in [0.4, 0.5) is 5.69 Å². The molecule has 2 rings (SSSR count). The summed E-state index contributed by atoms with van der Waals surface area (Å²) in [5.74, 6) is 0.112. The lowest BCUT2D eigenvalue weighted by molar-refractivity contribution is -0.117. The highest BCUT2D eigenvalue weighted by Gasteiger charge is 2.32. The first kappa shape index (κ1) is 15.8. The first-order valence-corrected chi connectivity index (χ1v) is 8.37. The van der Waals surface area contributed by atoms with Crippen LogP contribution in [0.25, 0.3) is 0 Å². The summed E-state index contributed by atoms with van der Waals surface area (Å²) in [6.45, 7) is 2.07. The number of rotatable bonds is 4. The van der Waals surface area contributed by atoms with Crippen LogP contribution in [0, 0.1) is 10.5 Å². The molecule has 1 saturated carbocycles. The minimum atomic E-state index is 0.000184. The lowest BCUT2D eigenvalue weighted by atomic mass is 9.79. The van der Waals surface area contributed by atoms with E-state index in [1.165, 1.54) is 28.4 Å². The van der Waals surface area contributed by atoms with Gasteiger partial charge in [0.1, 0.15) is 0 Å². The van der Waals surface area contributed by atoms with Crippen molar-refractivity contribution in [3.8, 4) is 0 Å². The van der Waals surface area contributed by atoms with E-state index < -0.39 is 0 Å². The van der Waals surface area contributed by atoms with Gasteiger partial charge in [-0.1, -0.05) is 25.3 Å². The van der Waals surface area contributed by atoms with Crippen LogP contribution < -0.4 is 10.6 Å². The Morgan fingerprint density at radius 1 is 1.30 bits per heavy atom. The van der Waals surface area contributed by atoms with Gasteiger partial charge in [-0.05, 0) is 67.1 Å². The van der Waals surface area contributed by atoms with E-state index in [1.807, 2.05) is 25.2 Å². The van der Waals surface area contributed by atoms with Gasteiger partial charge in [0.05, 0.1) is 0 Å². The second kappa shape index (κ2) is 6.89. The fourth-order valence-corrected chi connectivity index (χ4v) is 3.44.